The first-order valence-corrected chi connectivity index (χ1v) is 12.3. The summed E-state index contributed by atoms with van der Waals surface area (Å²) in [5.74, 6) is 0.153. The van der Waals surface area contributed by atoms with Crippen LogP contribution in [0.5, 0.6) is 17.2 Å². The first-order chi connectivity index (χ1) is 19.0. The van der Waals surface area contributed by atoms with E-state index in [4.69, 9.17) is 24.1 Å². The molecular formula is C31H27NO7. The van der Waals surface area contributed by atoms with Crippen molar-refractivity contribution in [2.45, 2.75) is 5.92 Å². The quantitative estimate of drug-likeness (QED) is 0.276. The van der Waals surface area contributed by atoms with Crippen LogP contribution in [0, 0.1) is 0 Å². The van der Waals surface area contributed by atoms with Crippen LogP contribution in [0.3, 0.4) is 0 Å². The third-order valence-corrected chi connectivity index (χ3v) is 6.60. The number of carboxylic acid groups (broad SMARTS) is 1. The van der Waals surface area contributed by atoms with E-state index < -0.39 is 18.7 Å². The number of carbonyl (C=O) groups is 2. The largest absolute Gasteiger partial charge is 0.497 e. The van der Waals surface area contributed by atoms with Gasteiger partial charge in [-0.1, -0.05) is 48.5 Å². The molecule has 4 aromatic carbocycles. The van der Waals surface area contributed by atoms with Crippen molar-refractivity contribution in [1.29, 1.82) is 0 Å². The van der Waals surface area contributed by atoms with Crippen LogP contribution in [-0.2, 0) is 9.53 Å². The number of amides is 1. The molecule has 5 rings (SSSR count). The normalized spacial score (nSPS) is 11.7. The third-order valence-electron chi connectivity index (χ3n) is 6.60. The van der Waals surface area contributed by atoms with Gasteiger partial charge in [0.2, 0.25) is 0 Å². The number of fused-ring (bicyclic) bond motifs is 3. The molecule has 0 fully saturated rings. The highest BCUT2D eigenvalue weighted by atomic mass is 16.6. The van der Waals surface area contributed by atoms with Crippen molar-refractivity contribution in [3.8, 4) is 28.4 Å². The minimum atomic E-state index is -1.08. The van der Waals surface area contributed by atoms with Crippen LogP contribution in [0.15, 0.2) is 91.0 Å². The molecule has 1 aliphatic carbocycles. The van der Waals surface area contributed by atoms with Crippen molar-refractivity contribution in [1.82, 2.24) is 0 Å². The average Bonchev–Trinajstić information content (AvgIpc) is 3.29. The summed E-state index contributed by atoms with van der Waals surface area (Å²) in [7, 11) is 3.06. The molecule has 0 bridgehead atoms. The molecule has 198 valence electrons. The van der Waals surface area contributed by atoms with E-state index in [9.17, 15) is 9.59 Å². The van der Waals surface area contributed by atoms with Crippen LogP contribution < -0.4 is 19.1 Å². The second kappa shape index (κ2) is 11.2. The van der Waals surface area contributed by atoms with E-state index >= 15 is 0 Å². The summed E-state index contributed by atoms with van der Waals surface area (Å²) in [5, 5.41) is 8.89. The maximum atomic E-state index is 13.8. The first kappa shape index (κ1) is 25.7. The first-order valence-electron chi connectivity index (χ1n) is 12.3. The zero-order valence-electron chi connectivity index (χ0n) is 21.5. The van der Waals surface area contributed by atoms with Gasteiger partial charge in [0.15, 0.2) is 6.61 Å². The van der Waals surface area contributed by atoms with Crippen molar-refractivity contribution >= 4 is 23.4 Å². The Hall–Kier alpha value is -4.98. The van der Waals surface area contributed by atoms with Crippen LogP contribution in [0.1, 0.15) is 17.0 Å². The highest BCUT2D eigenvalue weighted by molar-refractivity contribution is 5.98. The summed E-state index contributed by atoms with van der Waals surface area (Å²) in [5.41, 5.74) is 5.44. The lowest BCUT2D eigenvalue weighted by Gasteiger charge is -2.25. The Balaban J connectivity index is 1.46. The standard InChI is InChI=1S/C31H27NO7/c1-36-22-15-16-28(29(17-22)37-2)32(20-11-13-21(14-12-20)38-19-30(33)34)31(35)39-18-27-25-9-5-3-7-23(25)24-8-4-6-10-26(24)27/h3-17,27H,18-19H2,1-2H3,(H,33,34). The van der Waals surface area contributed by atoms with Crippen molar-refractivity contribution in [2.24, 2.45) is 0 Å². The topological polar surface area (TPSA) is 94.5 Å². The van der Waals surface area contributed by atoms with E-state index in [0.29, 0.717) is 28.6 Å². The summed E-state index contributed by atoms with van der Waals surface area (Å²) in [4.78, 5) is 26.0. The fourth-order valence-electron chi connectivity index (χ4n) is 4.81. The van der Waals surface area contributed by atoms with E-state index in [0.717, 1.165) is 22.3 Å². The van der Waals surface area contributed by atoms with Gasteiger partial charge >= 0.3 is 12.1 Å². The second-order valence-corrected chi connectivity index (χ2v) is 8.85. The van der Waals surface area contributed by atoms with Crippen molar-refractivity contribution in [2.75, 3.05) is 32.3 Å². The van der Waals surface area contributed by atoms with E-state index in [1.54, 1.807) is 49.6 Å². The van der Waals surface area contributed by atoms with Gasteiger partial charge in [-0.05, 0) is 58.7 Å². The van der Waals surface area contributed by atoms with Gasteiger partial charge in [0.05, 0.1) is 25.6 Å². The fraction of sp³-hybridized carbons (Fsp3) is 0.161. The van der Waals surface area contributed by atoms with Crippen molar-refractivity contribution in [3.05, 3.63) is 102 Å². The Labute approximate surface area is 225 Å². The molecule has 0 spiro atoms. The van der Waals surface area contributed by atoms with Gasteiger partial charge in [-0.2, -0.15) is 0 Å². The number of carbonyl (C=O) groups excluding carboxylic acids is 1. The van der Waals surface area contributed by atoms with Gasteiger partial charge in [0.1, 0.15) is 23.9 Å². The molecule has 4 aromatic rings. The Kier molecular flexibility index (Phi) is 7.36. The molecule has 0 unspecified atom stereocenters. The number of carboxylic acids is 1. The van der Waals surface area contributed by atoms with E-state index in [1.165, 1.54) is 12.0 Å². The van der Waals surface area contributed by atoms with E-state index in [1.807, 2.05) is 24.3 Å². The minimum absolute atomic E-state index is 0.104. The molecule has 0 aromatic heterocycles. The number of rotatable bonds is 9. The predicted octanol–water partition coefficient (Wildman–Crippen LogP) is 6.25. The van der Waals surface area contributed by atoms with Gasteiger partial charge in [0.25, 0.3) is 0 Å². The van der Waals surface area contributed by atoms with Crippen LogP contribution in [0.25, 0.3) is 11.1 Å². The second-order valence-electron chi connectivity index (χ2n) is 8.85. The lowest BCUT2D eigenvalue weighted by atomic mass is 9.98. The Morgan fingerprint density at radius 2 is 1.41 bits per heavy atom. The summed E-state index contributed by atoms with van der Waals surface area (Å²) >= 11 is 0. The molecule has 39 heavy (non-hydrogen) atoms. The zero-order valence-corrected chi connectivity index (χ0v) is 21.5. The van der Waals surface area contributed by atoms with Gasteiger partial charge in [-0.15, -0.1) is 0 Å². The minimum Gasteiger partial charge on any atom is -0.497 e. The zero-order chi connectivity index (χ0) is 27.4. The molecule has 1 N–H and O–H groups in total. The molecule has 0 aliphatic heterocycles. The molecule has 1 amide bonds. The smallest absolute Gasteiger partial charge is 0.419 e. The van der Waals surface area contributed by atoms with Gasteiger partial charge < -0.3 is 24.1 Å². The SMILES string of the molecule is COc1ccc(N(C(=O)OCC2c3ccccc3-c3ccccc32)c2ccc(OCC(=O)O)cc2)c(OC)c1. The van der Waals surface area contributed by atoms with Crippen LogP contribution in [0.4, 0.5) is 16.2 Å². The summed E-state index contributed by atoms with van der Waals surface area (Å²) in [6.45, 7) is -0.330. The molecule has 8 nitrogen and oxygen atoms in total. The number of anilines is 2. The summed E-state index contributed by atoms with van der Waals surface area (Å²) in [6.07, 6.45) is -0.598. The van der Waals surface area contributed by atoms with Gasteiger partial charge in [-0.25, -0.2) is 14.5 Å². The summed E-state index contributed by atoms with van der Waals surface area (Å²) < 4.78 is 22.1. The predicted molar refractivity (Wildman–Crippen MR) is 146 cm³/mol. The number of methoxy groups -OCH3 is 2. The molecule has 0 saturated heterocycles. The molecule has 0 heterocycles. The molecule has 8 heteroatoms. The Morgan fingerprint density at radius 1 is 0.795 bits per heavy atom. The number of benzene rings is 4. The molecule has 0 saturated carbocycles. The highest BCUT2D eigenvalue weighted by Crippen LogP contribution is 2.45. The maximum Gasteiger partial charge on any atom is 0.419 e. The molecule has 0 atom stereocenters. The van der Waals surface area contributed by atoms with Crippen LogP contribution >= 0.6 is 0 Å². The van der Waals surface area contributed by atoms with E-state index in [2.05, 4.69) is 24.3 Å². The number of aliphatic carboxylic acids is 1. The highest BCUT2D eigenvalue weighted by Gasteiger charge is 2.31. The lowest BCUT2D eigenvalue weighted by Crippen LogP contribution is -2.28. The molecule has 1 aliphatic rings. The van der Waals surface area contributed by atoms with Crippen LogP contribution in [-0.4, -0.2) is 44.6 Å². The third kappa shape index (κ3) is 5.22. The lowest BCUT2D eigenvalue weighted by molar-refractivity contribution is -0.139. The number of ether oxygens (including phenoxy) is 4. The van der Waals surface area contributed by atoms with Crippen molar-refractivity contribution < 1.29 is 33.6 Å². The monoisotopic (exact) mass is 525 g/mol. The Bertz CT molecular complexity index is 1450. The van der Waals surface area contributed by atoms with Gasteiger partial charge in [0, 0.05) is 12.0 Å². The molecule has 0 radical (unpaired) electrons. The van der Waals surface area contributed by atoms with Gasteiger partial charge in [-0.3, -0.25) is 0 Å². The van der Waals surface area contributed by atoms with Crippen LogP contribution in [0.2, 0.25) is 0 Å². The number of hydrogen-bond acceptors (Lipinski definition) is 6. The summed E-state index contributed by atoms with van der Waals surface area (Å²) in [6, 6.07) is 27.9. The maximum absolute atomic E-state index is 13.8. The average molecular weight is 526 g/mol. The van der Waals surface area contributed by atoms with E-state index in [-0.39, 0.29) is 12.5 Å². The Morgan fingerprint density at radius 3 is 2.00 bits per heavy atom. The van der Waals surface area contributed by atoms with Crippen molar-refractivity contribution in [3.63, 3.8) is 0 Å². The fourth-order valence-corrected chi connectivity index (χ4v) is 4.81. The number of nitrogens with zero attached hydrogens (tertiary/aromatic N) is 1. The molecular weight excluding hydrogens is 498 g/mol. The number of hydrogen-bond donors (Lipinski definition) is 1.